The van der Waals surface area contributed by atoms with Crippen LogP contribution in [0.1, 0.15) is 47.2 Å². The van der Waals surface area contributed by atoms with Crippen LogP contribution in [0.25, 0.3) is 77.8 Å². The van der Waals surface area contributed by atoms with Crippen LogP contribution < -0.4 is 4.90 Å². The zero-order valence-corrected chi connectivity index (χ0v) is 42.0. The largest absolute Gasteiger partial charge is 0.310 e. The van der Waals surface area contributed by atoms with Gasteiger partial charge in [-0.15, -0.1) is 0 Å². The SMILES string of the molecule is CC1(C)c2ccccc2-c2ccc(N(c3ccc(-c4ccc(-c5ccccc5)cc4)cc3)c3ccc4c(c3)-c3ccc(-c5nc6ccccc6cc5-c5ccccc5)cc3C4(c3ccccc3)c3ccccc3)cc21. The summed E-state index contributed by atoms with van der Waals surface area (Å²) in [5.74, 6) is 0. The Morgan fingerprint density at radius 2 is 0.773 bits per heavy atom. The third kappa shape index (κ3) is 7.20. The Morgan fingerprint density at radius 3 is 1.45 bits per heavy atom. The summed E-state index contributed by atoms with van der Waals surface area (Å²) in [5.41, 5.74) is 25.3. The van der Waals surface area contributed by atoms with Crippen LogP contribution in [0, 0.1) is 0 Å². The van der Waals surface area contributed by atoms with Crippen molar-refractivity contribution in [2.75, 3.05) is 4.90 Å². The van der Waals surface area contributed by atoms with Crippen LogP contribution in [0.3, 0.4) is 0 Å². The summed E-state index contributed by atoms with van der Waals surface area (Å²) in [6.07, 6.45) is 0. The molecule has 0 radical (unpaired) electrons. The van der Waals surface area contributed by atoms with E-state index in [1.165, 1.54) is 77.9 Å². The van der Waals surface area contributed by atoms with E-state index < -0.39 is 5.41 Å². The molecule has 0 bridgehead atoms. The molecule has 14 rings (SSSR count). The van der Waals surface area contributed by atoms with Gasteiger partial charge in [0.1, 0.15) is 0 Å². The molecule has 1 aromatic heterocycles. The van der Waals surface area contributed by atoms with E-state index in [2.05, 4.69) is 298 Å². The lowest BCUT2D eigenvalue weighted by molar-refractivity contribution is 0.660. The summed E-state index contributed by atoms with van der Waals surface area (Å²) >= 11 is 0. The highest BCUT2D eigenvalue weighted by atomic mass is 15.1. The van der Waals surface area contributed by atoms with Gasteiger partial charge >= 0.3 is 0 Å². The predicted octanol–water partition coefficient (Wildman–Crippen LogP) is 19.0. The predicted molar refractivity (Wildman–Crippen MR) is 313 cm³/mol. The van der Waals surface area contributed by atoms with Crippen LogP contribution in [-0.2, 0) is 10.8 Å². The Balaban J connectivity index is 0.969. The van der Waals surface area contributed by atoms with Crippen molar-refractivity contribution in [2.45, 2.75) is 24.7 Å². The fourth-order valence-corrected chi connectivity index (χ4v) is 12.5. The monoisotopic (exact) mass is 956 g/mol. The Morgan fingerprint density at radius 1 is 0.293 bits per heavy atom. The lowest BCUT2D eigenvalue weighted by atomic mass is 9.67. The van der Waals surface area contributed by atoms with Crippen molar-refractivity contribution >= 4 is 28.0 Å². The van der Waals surface area contributed by atoms with Gasteiger partial charge in [0, 0.05) is 39.0 Å². The molecule has 0 fully saturated rings. The maximum Gasteiger partial charge on any atom is 0.0788 e. The highest BCUT2D eigenvalue weighted by molar-refractivity contribution is 5.96. The van der Waals surface area contributed by atoms with Crippen LogP contribution >= 0.6 is 0 Å². The van der Waals surface area contributed by atoms with Crippen LogP contribution in [0.4, 0.5) is 17.1 Å². The van der Waals surface area contributed by atoms with Gasteiger partial charge in [0.2, 0.25) is 0 Å². The Kier molecular flexibility index (Phi) is 10.5. The van der Waals surface area contributed by atoms with Gasteiger partial charge in [-0.1, -0.05) is 238 Å². The summed E-state index contributed by atoms with van der Waals surface area (Å²) < 4.78 is 0. The van der Waals surface area contributed by atoms with Gasteiger partial charge in [-0.2, -0.15) is 0 Å². The van der Waals surface area contributed by atoms with Gasteiger partial charge in [-0.05, 0) is 138 Å². The number of anilines is 3. The Bertz CT molecular complexity index is 4070. The molecule has 12 aromatic rings. The number of pyridine rings is 1. The number of hydrogen-bond donors (Lipinski definition) is 0. The topological polar surface area (TPSA) is 16.1 Å². The molecule has 0 aliphatic heterocycles. The summed E-state index contributed by atoms with van der Waals surface area (Å²) in [6.45, 7) is 4.74. The molecule has 0 amide bonds. The number of benzene rings is 11. The van der Waals surface area contributed by atoms with E-state index >= 15 is 0 Å². The molecule has 0 saturated heterocycles. The van der Waals surface area contributed by atoms with Crippen molar-refractivity contribution in [3.63, 3.8) is 0 Å². The van der Waals surface area contributed by atoms with Crippen LogP contribution in [0.5, 0.6) is 0 Å². The molecular weight excluding hydrogens is 905 g/mol. The minimum atomic E-state index is -0.628. The number of rotatable bonds is 9. The first-order chi connectivity index (χ1) is 36.9. The molecule has 0 N–H and O–H groups in total. The molecule has 0 atom stereocenters. The molecule has 2 aliphatic carbocycles. The van der Waals surface area contributed by atoms with E-state index in [0.717, 1.165) is 50.3 Å². The van der Waals surface area contributed by atoms with Gasteiger partial charge < -0.3 is 4.90 Å². The van der Waals surface area contributed by atoms with E-state index in [9.17, 15) is 0 Å². The number of hydrogen-bond acceptors (Lipinski definition) is 2. The third-order valence-electron chi connectivity index (χ3n) is 16.2. The molecule has 354 valence electrons. The molecule has 75 heavy (non-hydrogen) atoms. The highest BCUT2D eigenvalue weighted by Crippen LogP contribution is 2.59. The van der Waals surface area contributed by atoms with E-state index in [4.69, 9.17) is 4.98 Å². The number of para-hydroxylation sites is 1. The van der Waals surface area contributed by atoms with Gasteiger partial charge in [0.25, 0.3) is 0 Å². The molecular formula is C73H52N2. The normalized spacial score (nSPS) is 13.4. The minimum Gasteiger partial charge on any atom is -0.310 e. The van der Waals surface area contributed by atoms with Gasteiger partial charge in [-0.3, -0.25) is 0 Å². The maximum atomic E-state index is 5.48. The van der Waals surface area contributed by atoms with Crippen molar-refractivity contribution in [1.82, 2.24) is 4.98 Å². The number of aromatic nitrogens is 1. The molecule has 0 unspecified atom stereocenters. The zero-order valence-electron chi connectivity index (χ0n) is 42.0. The average Bonchev–Trinajstić information content (AvgIpc) is 3.98. The quantitative estimate of drug-likeness (QED) is 0.143. The second-order valence-electron chi connectivity index (χ2n) is 20.6. The lowest BCUT2D eigenvalue weighted by Gasteiger charge is -2.34. The van der Waals surface area contributed by atoms with E-state index in [1.807, 2.05) is 0 Å². The van der Waals surface area contributed by atoms with Crippen LogP contribution in [-0.4, -0.2) is 4.98 Å². The summed E-state index contributed by atoms with van der Waals surface area (Å²) in [7, 11) is 0. The molecule has 2 nitrogen and oxygen atoms in total. The molecule has 2 heteroatoms. The summed E-state index contributed by atoms with van der Waals surface area (Å²) in [5, 5.41) is 1.12. The summed E-state index contributed by atoms with van der Waals surface area (Å²) in [6, 6.07) is 103. The highest BCUT2D eigenvalue weighted by Gasteiger charge is 2.47. The molecule has 0 spiro atoms. The number of fused-ring (bicyclic) bond motifs is 7. The van der Waals surface area contributed by atoms with Crippen LogP contribution in [0.2, 0.25) is 0 Å². The number of nitrogens with zero attached hydrogens (tertiary/aromatic N) is 2. The minimum absolute atomic E-state index is 0.163. The smallest absolute Gasteiger partial charge is 0.0788 e. The first-order valence-corrected chi connectivity index (χ1v) is 26.1. The summed E-state index contributed by atoms with van der Waals surface area (Å²) in [4.78, 5) is 7.94. The molecule has 1 heterocycles. The van der Waals surface area contributed by atoms with E-state index in [0.29, 0.717) is 0 Å². The van der Waals surface area contributed by atoms with E-state index in [-0.39, 0.29) is 5.41 Å². The van der Waals surface area contributed by atoms with Gasteiger partial charge in [0.05, 0.1) is 16.6 Å². The average molecular weight is 957 g/mol. The third-order valence-corrected chi connectivity index (χ3v) is 16.2. The zero-order chi connectivity index (χ0) is 50.1. The van der Waals surface area contributed by atoms with E-state index in [1.54, 1.807) is 0 Å². The van der Waals surface area contributed by atoms with Gasteiger partial charge in [0.15, 0.2) is 0 Å². The van der Waals surface area contributed by atoms with Crippen molar-refractivity contribution in [3.8, 4) is 66.9 Å². The fraction of sp³-hybridized carbons (Fsp3) is 0.0548. The molecule has 0 saturated carbocycles. The van der Waals surface area contributed by atoms with Crippen molar-refractivity contribution in [2.24, 2.45) is 0 Å². The van der Waals surface area contributed by atoms with Crippen molar-refractivity contribution in [1.29, 1.82) is 0 Å². The molecule has 11 aromatic carbocycles. The van der Waals surface area contributed by atoms with Crippen molar-refractivity contribution in [3.05, 3.63) is 312 Å². The Hall–Kier alpha value is -9.37. The second kappa shape index (κ2) is 17.7. The second-order valence-corrected chi connectivity index (χ2v) is 20.6. The van der Waals surface area contributed by atoms with Gasteiger partial charge in [-0.25, -0.2) is 4.98 Å². The first kappa shape index (κ1) is 44.3. The maximum absolute atomic E-state index is 5.48. The van der Waals surface area contributed by atoms with Crippen LogP contribution in [0.15, 0.2) is 279 Å². The standard InChI is InChI=1S/C73H52N2/c1-72(2)66-29-17-16-28-61(66)62-43-40-60(48-68(62)72)75(58-38-35-52(36-39-58)51-33-31-50(32-34-51)49-19-7-3-8-20-49)59-41-44-67-65(47-59)63-42-37-55(46-69(63)73(67,56-24-11-5-12-25-56)57-26-13-6-14-27-57)71-64(53-21-9-4-10-22-53)45-54-23-15-18-30-70(54)74-71/h3-48H,1-2H3. The Labute approximate surface area is 439 Å². The molecule has 2 aliphatic rings. The lowest BCUT2D eigenvalue weighted by Crippen LogP contribution is -2.28. The van der Waals surface area contributed by atoms with Crippen molar-refractivity contribution < 1.29 is 0 Å². The fourth-order valence-electron chi connectivity index (χ4n) is 12.5. The first-order valence-electron chi connectivity index (χ1n) is 26.1.